The van der Waals surface area contributed by atoms with Crippen molar-refractivity contribution in [2.24, 2.45) is 0 Å². The van der Waals surface area contributed by atoms with Gasteiger partial charge in [-0.1, -0.05) is 72.1 Å². The average molecular weight is 435 g/mol. The molecule has 0 bridgehead atoms. The second-order valence-corrected chi connectivity index (χ2v) is 13.4. The molecule has 2 nitrogen and oxygen atoms in total. The van der Waals surface area contributed by atoms with Crippen molar-refractivity contribution in [3.05, 3.63) is 0 Å². The molecule has 0 aromatic rings. The fourth-order valence-corrected chi connectivity index (χ4v) is 6.54. The molecule has 2 saturated carbocycles. The van der Waals surface area contributed by atoms with Crippen LogP contribution in [0.4, 0.5) is 0 Å². The Morgan fingerprint density at radius 2 is 1.19 bits per heavy atom. The first-order valence-electron chi connectivity index (χ1n) is 7.05. The fourth-order valence-electron chi connectivity index (χ4n) is 2.71. The Labute approximate surface area is 156 Å². The Balaban J connectivity index is 1.99. The summed E-state index contributed by atoms with van der Waals surface area (Å²) in [6.45, 7) is 0. The molecule has 21 heavy (non-hydrogen) atoms. The third kappa shape index (κ3) is 5.51. The van der Waals surface area contributed by atoms with Crippen molar-refractivity contribution in [1.82, 2.24) is 0 Å². The SMILES string of the molecule is S=P(Cl)(OC1CCCCC1(Cl)Cl)OC1CCCCC1(Cl)Cl. The molecule has 0 saturated heterocycles. The number of halogens is 5. The van der Waals surface area contributed by atoms with Gasteiger partial charge in [0.1, 0.15) is 8.67 Å². The summed E-state index contributed by atoms with van der Waals surface area (Å²) in [4.78, 5) is 0. The standard InChI is InChI=1S/C12H18Cl5O2PS/c13-11(14)7-3-1-5-9(11)18-20(17,21)19-10-6-2-4-8-12(10,15)16/h9-10H,1-8H2. The highest BCUT2D eigenvalue weighted by atomic mass is 35.7. The molecule has 2 aliphatic carbocycles. The molecule has 2 unspecified atom stereocenters. The first kappa shape index (κ1) is 19.3. The molecule has 2 aliphatic rings. The van der Waals surface area contributed by atoms with Gasteiger partial charge < -0.3 is 9.05 Å². The van der Waals surface area contributed by atoms with E-state index in [1.54, 1.807) is 0 Å². The smallest absolute Gasteiger partial charge is 0.282 e. The van der Waals surface area contributed by atoms with Crippen molar-refractivity contribution < 1.29 is 9.05 Å². The maximum Gasteiger partial charge on any atom is 0.282 e. The summed E-state index contributed by atoms with van der Waals surface area (Å²) in [5, 5.41) is 0. The number of alkyl halides is 4. The Morgan fingerprint density at radius 1 is 0.810 bits per heavy atom. The van der Waals surface area contributed by atoms with Crippen LogP contribution in [0.15, 0.2) is 0 Å². The zero-order valence-electron chi connectivity index (χ0n) is 11.4. The average Bonchev–Trinajstić information content (AvgIpc) is 2.34. The van der Waals surface area contributed by atoms with Crippen LogP contribution >= 0.6 is 63.5 Å². The number of rotatable bonds is 4. The Kier molecular flexibility index (Phi) is 6.91. The summed E-state index contributed by atoms with van der Waals surface area (Å²) in [5.74, 6) is -3.02. The largest absolute Gasteiger partial charge is 0.311 e. The summed E-state index contributed by atoms with van der Waals surface area (Å²) in [5.41, 5.74) is 0. The van der Waals surface area contributed by atoms with Crippen LogP contribution in [0, 0.1) is 0 Å². The highest BCUT2D eigenvalue weighted by Gasteiger charge is 2.44. The monoisotopic (exact) mass is 432 g/mol. The van der Waals surface area contributed by atoms with Gasteiger partial charge in [0.05, 0.1) is 12.2 Å². The van der Waals surface area contributed by atoms with E-state index in [1.165, 1.54) is 0 Å². The van der Waals surface area contributed by atoms with Crippen molar-refractivity contribution in [1.29, 1.82) is 0 Å². The summed E-state index contributed by atoms with van der Waals surface area (Å²) in [7, 11) is 0. The van der Waals surface area contributed by atoms with Gasteiger partial charge in [0, 0.05) is 0 Å². The van der Waals surface area contributed by atoms with Crippen molar-refractivity contribution >= 4 is 75.3 Å². The third-order valence-electron chi connectivity index (χ3n) is 3.90. The van der Waals surface area contributed by atoms with Crippen LogP contribution in [0.3, 0.4) is 0 Å². The molecule has 0 aromatic heterocycles. The van der Waals surface area contributed by atoms with Gasteiger partial charge in [-0.2, -0.15) is 0 Å². The van der Waals surface area contributed by atoms with Gasteiger partial charge in [-0.3, -0.25) is 0 Å². The van der Waals surface area contributed by atoms with E-state index in [4.69, 9.17) is 78.5 Å². The lowest BCUT2D eigenvalue weighted by molar-refractivity contribution is 0.0987. The minimum absolute atomic E-state index is 0.415. The van der Waals surface area contributed by atoms with Gasteiger partial charge in [-0.25, -0.2) is 0 Å². The Bertz CT molecular complexity index is 386. The summed E-state index contributed by atoms with van der Waals surface area (Å²) in [6, 6.07) is 0. The summed E-state index contributed by atoms with van der Waals surface area (Å²) >= 11 is 36.8. The van der Waals surface area contributed by atoms with Crippen molar-refractivity contribution in [3.63, 3.8) is 0 Å². The van der Waals surface area contributed by atoms with E-state index in [9.17, 15) is 0 Å². The molecule has 2 atom stereocenters. The first-order valence-corrected chi connectivity index (χ1v) is 12.1. The molecule has 0 N–H and O–H groups in total. The van der Waals surface area contributed by atoms with Gasteiger partial charge in [0.2, 0.25) is 0 Å². The highest BCUT2D eigenvalue weighted by molar-refractivity contribution is 8.22. The van der Waals surface area contributed by atoms with E-state index in [2.05, 4.69) is 0 Å². The molecule has 9 heteroatoms. The Hall–Kier alpha value is 2.02. The molecule has 0 heterocycles. The zero-order chi connectivity index (χ0) is 15.7. The van der Waals surface area contributed by atoms with Crippen LogP contribution in [0.25, 0.3) is 0 Å². The van der Waals surface area contributed by atoms with Crippen molar-refractivity contribution in [2.45, 2.75) is 72.2 Å². The van der Waals surface area contributed by atoms with Crippen LogP contribution in [0.2, 0.25) is 0 Å². The lowest BCUT2D eigenvalue weighted by atomic mass is 9.97. The zero-order valence-corrected chi connectivity index (χ0v) is 16.9. The molecule has 124 valence electrons. The Morgan fingerprint density at radius 3 is 1.52 bits per heavy atom. The quantitative estimate of drug-likeness (QED) is 0.362. The van der Waals surface area contributed by atoms with Crippen molar-refractivity contribution in [2.75, 3.05) is 0 Å². The molecule has 2 rings (SSSR count). The van der Waals surface area contributed by atoms with Crippen LogP contribution in [0.5, 0.6) is 0 Å². The maximum atomic E-state index is 6.30. The third-order valence-corrected chi connectivity index (χ3v) is 7.64. The molecular formula is C12H18Cl5O2PS. The van der Waals surface area contributed by atoms with E-state index in [-0.39, 0.29) is 0 Å². The molecule has 2 fully saturated rings. The normalized spacial score (nSPS) is 35.1. The number of hydrogen-bond donors (Lipinski definition) is 0. The predicted octanol–water partition coefficient (Wildman–Crippen LogP) is 6.72. The molecule has 0 amide bonds. The molecule has 0 spiro atoms. The predicted molar refractivity (Wildman–Crippen MR) is 95.7 cm³/mol. The first-order chi connectivity index (χ1) is 9.62. The highest BCUT2D eigenvalue weighted by Crippen LogP contribution is 2.61. The van der Waals surface area contributed by atoms with E-state index >= 15 is 0 Å². The maximum absolute atomic E-state index is 6.30. The van der Waals surface area contributed by atoms with Crippen molar-refractivity contribution in [3.8, 4) is 0 Å². The lowest BCUT2D eigenvalue weighted by Gasteiger charge is -2.39. The number of hydrogen-bond acceptors (Lipinski definition) is 3. The van der Waals surface area contributed by atoms with Gasteiger partial charge in [-0.15, -0.1) is 0 Å². The van der Waals surface area contributed by atoms with E-state index in [0.717, 1.165) is 38.5 Å². The van der Waals surface area contributed by atoms with E-state index < -0.39 is 26.7 Å². The minimum atomic E-state index is -3.02. The van der Waals surface area contributed by atoms with Gasteiger partial charge in [0.15, 0.2) is 0 Å². The van der Waals surface area contributed by atoms with Gasteiger partial charge >= 0.3 is 0 Å². The summed E-state index contributed by atoms with van der Waals surface area (Å²) in [6.07, 6.45) is 5.83. The van der Waals surface area contributed by atoms with E-state index in [1.807, 2.05) is 0 Å². The van der Waals surface area contributed by atoms with Crippen LogP contribution in [-0.2, 0) is 20.9 Å². The topological polar surface area (TPSA) is 18.5 Å². The van der Waals surface area contributed by atoms with Gasteiger partial charge in [0.25, 0.3) is 5.84 Å². The molecule has 0 aromatic carbocycles. The second-order valence-electron chi connectivity index (χ2n) is 5.63. The summed E-state index contributed by atoms with van der Waals surface area (Å²) < 4.78 is 9.62. The fraction of sp³-hybridized carbons (Fsp3) is 1.00. The minimum Gasteiger partial charge on any atom is -0.311 e. The lowest BCUT2D eigenvalue weighted by Crippen LogP contribution is -2.38. The van der Waals surface area contributed by atoms with Crippen LogP contribution in [0.1, 0.15) is 51.4 Å². The molecular weight excluding hydrogens is 416 g/mol. The second kappa shape index (κ2) is 7.50. The molecule has 0 radical (unpaired) electrons. The van der Waals surface area contributed by atoms with Crippen LogP contribution in [-0.4, -0.2) is 20.9 Å². The van der Waals surface area contributed by atoms with Gasteiger partial charge in [-0.05, 0) is 48.7 Å². The van der Waals surface area contributed by atoms with Crippen LogP contribution < -0.4 is 0 Å². The molecule has 0 aliphatic heterocycles. The van der Waals surface area contributed by atoms with E-state index in [0.29, 0.717) is 12.8 Å².